The number of rotatable bonds is 0. The van der Waals surface area contributed by atoms with E-state index in [0.29, 0.717) is 0 Å². The van der Waals surface area contributed by atoms with E-state index < -0.39 is 0 Å². The summed E-state index contributed by atoms with van der Waals surface area (Å²) >= 11 is 0. The average molecular weight is 268 g/mol. The first-order valence-corrected chi connectivity index (χ1v) is 2.84. The van der Waals surface area contributed by atoms with Crippen molar-refractivity contribution in [3.8, 4) is 0 Å². The normalized spacial score (nSPS) is 19.7. The first kappa shape index (κ1) is 15.1. The topological polar surface area (TPSA) is 14.1 Å². The van der Waals surface area contributed by atoms with Crippen molar-refractivity contribution in [2.24, 2.45) is 0 Å². The maximum absolute atomic E-state index is 4.21. The van der Waals surface area contributed by atoms with Crippen LogP contribution in [0.4, 0.5) is 0 Å². The molecule has 0 amide bonds. The van der Waals surface area contributed by atoms with Gasteiger partial charge < -0.3 is 11.2 Å². The minimum atomic E-state index is 0. The molecule has 0 atom stereocenters. The van der Waals surface area contributed by atoms with Crippen LogP contribution in [-0.4, -0.2) is 13.1 Å². The molecule has 1 nitrogen and oxygen atoms in total. The van der Waals surface area contributed by atoms with Gasteiger partial charge in [-0.2, -0.15) is 32.9 Å². The Morgan fingerprint density at radius 2 is 1.56 bits per heavy atom. The van der Waals surface area contributed by atoms with Crippen LogP contribution in [0.5, 0.6) is 0 Å². The van der Waals surface area contributed by atoms with E-state index in [1.165, 1.54) is 12.8 Å². The molecular formula is C6H11NRb2. The van der Waals surface area contributed by atoms with Gasteiger partial charge in [-0.25, -0.2) is 0 Å². The van der Waals surface area contributed by atoms with Crippen molar-refractivity contribution in [1.82, 2.24) is 0 Å². The molecule has 9 heavy (non-hydrogen) atoms. The standard InChI is InChI=1S/C6H11N.2Rb/c1-6-2-4-7-5-3-6;;/h2-5H2,1H3;;/q-2;2*+1. The molecule has 0 radical (unpaired) electrons. The van der Waals surface area contributed by atoms with Crippen LogP contribution in [0.25, 0.3) is 5.32 Å². The van der Waals surface area contributed by atoms with Gasteiger partial charge in [0.05, 0.1) is 0 Å². The van der Waals surface area contributed by atoms with Gasteiger partial charge in [-0.1, -0.05) is 0 Å². The van der Waals surface area contributed by atoms with Crippen molar-refractivity contribution in [2.45, 2.75) is 19.8 Å². The summed E-state index contributed by atoms with van der Waals surface area (Å²) in [6.07, 6.45) is 2.47. The second-order valence-corrected chi connectivity index (χ2v) is 2.13. The molecule has 0 spiro atoms. The van der Waals surface area contributed by atoms with Crippen molar-refractivity contribution in [1.29, 1.82) is 0 Å². The Hall–Kier alpha value is 3.57. The van der Waals surface area contributed by atoms with Gasteiger partial charge in [0, 0.05) is 0 Å². The Bertz CT molecular complexity index is 53.0. The number of hydrogen-bond donors (Lipinski definition) is 0. The third-order valence-electron chi connectivity index (χ3n) is 1.39. The van der Waals surface area contributed by atoms with Crippen molar-refractivity contribution < 1.29 is 116 Å². The van der Waals surface area contributed by atoms with Crippen molar-refractivity contribution in [3.63, 3.8) is 0 Å². The SMILES string of the molecule is C[C-]1CC[N-]CC1.[Rb+].[Rb+]. The summed E-state index contributed by atoms with van der Waals surface area (Å²) in [7, 11) is 0. The van der Waals surface area contributed by atoms with E-state index in [0.717, 1.165) is 13.1 Å². The van der Waals surface area contributed by atoms with Crippen LogP contribution in [0.2, 0.25) is 0 Å². The number of piperidine rings is 1. The van der Waals surface area contributed by atoms with Gasteiger partial charge in [0.15, 0.2) is 0 Å². The fraction of sp³-hybridized carbons (Fsp3) is 0.833. The van der Waals surface area contributed by atoms with Crippen LogP contribution in [-0.2, 0) is 0 Å². The van der Waals surface area contributed by atoms with Gasteiger partial charge in [-0.3, -0.25) is 0 Å². The fourth-order valence-corrected chi connectivity index (χ4v) is 0.777. The van der Waals surface area contributed by atoms with Crippen molar-refractivity contribution >= 4 is 0 Å². The molecule has 1 fully saturated rings. The fourth-order valence-electron chi connectivity index (χ4n) is 0.777. The predicted octanol–water partition coefficient (Wildman–Crippen LogP) is -4.24. The zero-order valence-electron chi connectivity index (χ0n) is 6.78. The molecule has 0 N–H and O–H groups in total. The Kier molecular flexibility index (Phi) is 16.2. The van der Waals surface area contributed by atoms with E-state index in [-0.39, 0.29) is 116 Å². The summed E-state index contributed by atoms with van der Waals surface area (Å²) in [5, 5.41) is 4.21. The van der Waals surface area contributed by atoms with E-state index >= 15 is 0 Å². The molecule has 42 valence electrons. The van der Waals surface area contributed by atoms with Gasteiger partial charge in [0.25, 0.3) is 0 Å². The third-order valence-corrected chi connectivity index (χ3v) is 1.39. The molecule has 1 rings (SSSR count). The summed E-state index contributed by atoms with van der Waals surface area (Å²) in [5.74, 6) is 1.62. The molecule has 0 bridgehead atoms. The molecule has 1 heterocycles. The molecule has 0 aliphatic carbocycles. The van der Waals surface area contributed by atoms with Crippen molar-refractivity contribution in [2.75, 3.05) is 13.1 Å². The van der Waals surface area contributed by atoms with Crippen LogP contribution in [0.15, 0.2) is 0 Å². The molecule has 1 saturated heterocycles. The monoisotopic (exact) mass is 267 g/mol. The van der Waals surface area contributed by atoms with Crippen LogP contribution in [0.3, 0.4) is 0 Å². The Morgan fingerprint density at radius 3 is 1.78 bits per heavy atom. The molecule has 0 aromatic heterocycles. The smallest absolute Gasteiger partial charge is 0.666 e. The van der Waals surface area contributed by atoms with Gasteiger partial charge in [-0.05, 0) is 0 Å². The Balaban J connectivity index is 0. The van der Waals surface area contributed by atoms with E-state index in [2.05, 4.69) is 12.2 Å². The van der Waals surface area contributed by atoms with Crippen LogP contribution < -0.4 is 116 Å². The largest absolute Gasteiger partial charge is 1.00 e. The zero-order chi connectivity index (χ0) is 5.11. The third kappa shape index (κ3) is 7.92. The summed E-state index contributed by atoms with van der Waals surface area (Å²) in [5.41, 5.74) is 0. The summed E-state index contributed by atoms with van der Waals surface area (Å²) in [6.45, 7) is 4.37. The van der Waals surface area contributed by atoms with Crippen molar-refractivity contribution in [3.05, 3.63) is 11.2 Å². The van der Waals surface area contributed by atoms with Crippen LogP contribution in [0, 0.1) is 5.92 Å². The Labute approximate surface area is 156 Å². The quantitative estimate of drug-likeness (QED) is 0.395. The van der Waals surface area contributed by atoms with Gasteiger partial charge >= 0.3 is 116 Å². The molecule has 0 aromatic rings. The summed E-state index contributed by atoms with van der Waals surface area (Å²) < 4.78 is 0. The van der Waals surface area contributed by atoms with E-state index in [4.69, 9.17) is 0 Å². The van der Waals surface area contributed by atoms with Gasteiger partial charge in [0.1, 0.15) is 0 Å². The van der Waals surface area contributed by atoms with Gasteiger partial charge in [0.2, 0.25) is 0 Å². The molecule has 3 heteroatoms. The zero-order valence-corrected chi connectivity index (χ0v) is 16.6. The summed E-state index contributed by atoms with van der Waals surface area (Å²) in [4.78, 5) is 0. The van der Waals surface area contributed by atoms with E-state index in [9.17, 15) is 0 Å². The average Bonchev–Trinajstić information content (AvgIpc) is 1.69. The second-order valence-electron chi connectivity index (χ2n) is 2.13. The maximum Gasteiger partial charge on any atom is 1.00 e. The molecule has 0 unspecified atom stereocenters. The van der Waals surface area contributed by atoms with E-state index in [1.54, 1.807) is 5.92 Å². The van der Waals surface area contributed by atoms with Crippen LogP contribution >= 0.6 is 0 Å². The Morgan fingerprint density at radius 1 is 1.11 bits per heavy atom. The number of hydrogen-bond acceptors (Lipinski definition) is 0. The molecule has 1 aliphatic rings. The molecule has 0 aromatic carbocycles. The summed E-state index contributed by atoms with van der Waals surface area (Å²) in [6, 6.07) is 0. The van der Waals surface area contributed by atoms with E-state index in [1.807, 2.05) is 0 Å². The second kappa shape index (κ2) is 9.66. The first-order chi connectivity index (χ1) is 3.39. The minimum absolute atomic E-state index is 0. The predicted molar refractivity (Wildman–Crippen MR) is 31.2 cm³/mol. The van der Waals surface area contributed by atoms with Crippen LogP contribution in [0.1, 0.15) is 19.8 Å². The maximum atomic E-state index is 4.21. The molecule has 1 aliphatic heterocycles. The molecular weight excluding hydrogens is 257 g/mol. The van der Waals surface area contributed by atoms with Gasteiger partial charge in [-0.15, -0.1) is 0 Å². The molecule has 0 saturated carbocycles. The number of nitrogens with zero attached hydrogens (tertiary/aromatic N) is 1. The first-order valence-electron chi connectivity index (χ1n) is 2.84. The minimum Gasteiger partial charge on any atom is -0.666 e.